The molecule has 1 aromatic heterocycles. The van der Waals surface area contributed by atoms with Gasteiger partial charge in [0.05, 0.1) is 0 Å². The maximum atomic E-state index is 12.9. The van der Waals surface area contributed by atoms with Crippen molar-refractivity contribution in [3.05, 3.63) is 52.2 Å². The number of carbonyl (C=O) groups excluding carboxylic acids is 1. The molecule has 1 spiro atoms. The normalized spacial score (nSPS) is 20.8. The molecular weight excluding hydrogens is 380 g/mol. The summed E-state index contributed by atoms with van der Waals surface area (Å²) < 4.78 is 6.62. The number of hydrogen-bond donors (Lipinski definition) is 0. The van der Waals surface area contributed by atoms with E-state index in [-0.39, 0.29) is 17.4 Å². The fraction of sp³-hybridized carbons (Fsp3) is 0.542. The molecule has 1 atom stereocenters. The second-order valence-electron chi connectivity index (χ2n) is 8.40. The topological polar surface area (TPSA) is 32.8 Å². The summed E-state index contributed by atoms with van der Waals surface area (Å²) in [5.74, 6) is 1.50. The Morgan fingerprint density at radius 1 is 1.21 bits per heavy atom. The third-order valence-electron chi connectivity index (χ3n) is 6.59. The highest BCUT2D eigenvalue weighted by molar-refractivity contribution is 7.07. The van der Waals surface area contributed by atoms with Gasteiger partial charge in [-0.2, -0.15) is 11.3 Å². The van der Waals surface area contributed by atoms with Crippen LogP contribution in [0.5, 0.6) is 5.75 Å². The Kier molecular flexibility index (Phi) is 6.26. The van der Waals surface area contributed by atoms with Crippen LogP contribution in [-0.2, 0) is 11.3 Å². The molecule has 2 aliphatic rings. The van der Waals surface area contributed by atoms with E-state index in [1.807, 2.05) is 11.0 Å². The lowest BCUT2D eigenvalue weighted by Gasteiger charge is -2.47. The molecule has 1 saturated heterocycles. The van der Waals surface area contributed by atoms with E-state index in [2.05, 4.69) is 53.8 Å². The monoisotopic (exact) mass is 412 g/mol. The maximum Gasteiger partial charge on any atom is 0.223 e. The molecule has 1 fully saturated rings. The Morgan fingerprint density at radius 2 is 1.97 bits per heavy atom. The second-order valence-corrected chi connectivity index (χ2v) is 9.18. The summed E-state index contributed by atoms with van der Waals surface area (Å²) in [6.45, 7) is 8.81. The molecule has 1 amide bonds. The molecule has 0 saturated carbocycles. The third-order valence-corrected chi connectivity index (χ3v) is 7.33. The van der Waals surface area contributed by atoms with Crippen molar-refractivity contribution in [2.24, 2.45) is 0 Å². The van der Waals surface area contributed by atoms with Crippen molar-refractivity contribution in [1.82, 2.24) is 9.80 Å². The molecule has 5 heteroatoms. The molecule has 4 nitrogen and oxygen atoms in total. The fourth-order valence-corrected chi connectivity index (χ4v) is 5.57. The largest absolute Gasteiger partial charge is 0.487 e. The molecule has 0 unspecified atom stereocenters. The van der Waals surface area contributed by atoms with Crippen LogP contribution in [0.1, 0.15) is 56.6 Å². The van der Waals surface area contributed by atoms with E-state index < -0.39 is 0 Å². The van der Waals surface area contributed by atoms with E-state index >= 15 is 0 Å². The van der Waals surface area contributed by atoms with Crippen LogP contribution in [0.2, 0.25) is 0 Å². The Bertz CT molecular complexity index is 808. The number of thiophene rings is 1. The van der Waals surface area contributed by atoms with Crippen LogP contribution in [0.4, 0.5) is 0 Å². The highest BCUT2D eigenvalue weighted by atomic mass is 32.1. The van der Waals surface area contributed by atoms with Gasteiger partial charge in [0.1, 0.15) is 11.4 Å². The number of nitrogens with zero attached hydrogens (tertiary/aromatic N) is 2. The maximum absolute atomic E-state index is 12.9. The number of para-hydroxylation sites is 1. The fourth-order valence-electron chi connectivity index (χ4n) is 4.91. The van der Waals surface area contributed by atoms with Crippen molar-refractivity contribution < 1.29 is 9.53 Å². The number of piperidine rings is 1. The zero-order chi connectivity index (χ0) is 20.3. The molecule has 29 heavy (non-hydrogen) atoms. The minimum atomic E-state index is -0.131. The first-order valence-electron chi connectivity index (χ1n) is 10.9. The van der Waals surface area contributed by atoms with Crippen molar-refractivity contribution in [1.29, 1.82) is 0 Å². The summed E-state index contributed by atoms with van der Waals surface area (Å²) in [6, 6.07) is 10.6. The van der Waals surface area contributed by atoms with Crippen LogP contribution in [-0.4, -0.2) is 47.5 Å². The standard InChI is InChI=1S/C24H32N2O2S/c1-3-26(4-2)23(27)15-20-16-24(28-22-8-6-5-7-21(20)22)10-12-25(13-11-24)17-19-9-14-29-18-19/h5-9,14,18,20H,3-4,10-13,15-17H2,1-2H3/t20-/m1/s1. The number of likely N-dealkylation sites (tertiary alicyclic amines) is 1. The number of rotatable bonds is 6. The van der Waals surface area contributed by atoms with Crippen LogP contribution in [0.15, 0.2) is 41.1 Å². The lowest BCUT2D eigenvalue weighted by Crippen LogP contribution is -2.50. The summed E-state index contributed by atoms with van der Waals surface area (Å²) in [7, 11) is 0. The van der Waals surface area contributed by atoms with Crippen LogP contribution in [0, 0.1) is 0 Å². The van der Waals surface area contributed by atoms with Gasteiger partial charge >= 0.3 is 0 Å². The Hall–Kier alpha value is -1.85. The van der Waals surface area contributed by atoms with E-state index in [1.54, 1.807) is 11.3 Å². The van der Waals surface area contributed by atoms with E-state index in [9.17, 15) is 4.79 Å². The van der Waals surface area contributed by atoms with E-state index in [0.29, 0.717) is 6.42 Å². The summed E-state index contributed by atoms with van der Waals surface area (Å²) in [4.78, 5) is 17.3. The predicted octanol–water partition coefficient (Wildman–Crippen LogP) is 4.91. The van der Waals surface area contributed by atoms with Gasteiger partial charge < -0.3 is 9.64 Å². The summed E-state index contributed by atoms with van der Waals surface area (Å²) in [5, 5.41) is 4.39. The number of carbonyl (C=O) groups is 1. The molecule has 2 aliphatic heterocycles. The summed E-state index contributed by atoms with van der Waals surface area (Å²) in [6.07, 6.45) is 3.59. The van der Waals surface area contributed by atoms with Gasteiger partial charge in [0, 0.05) is 45.1 Å². The lowest BCUT2D eigenvalue weighted by atomic mass is 9.76. The zero-order valence-electron chi connectivity index (χ0n) is 17.6. The second kappa shape index (κ2) is 8.88. The number of benzene rings is 1. The molecule has 0 bridgehead atoms. The predicted molar refractivity (Wildman–Crippen MR) is 119 cm³/mol. The quantitative estimate of drug-likeness (QED) is 0.676. The van der Waals surface area contributed by atoms with Crippen molar-refractivity contribution in [3.8, 4) is 5.75 Å². The first kappa shape index (κ1) is 20.4. The van der Waals surface area contributed by atoms with Gasteiger partial charge in [-0.3, -0.25) is 9.69 Å². The Balaban J connectivity index is 1.47. The number of ether oxygens (including phenoxy) is 1. The van der Waals surface area contributed by atoms with E-state index in [0.717, 1.165) is 57.7 Å². The molecule has 1 aromatic carbocycles. The molecule has 0 aliphatic carbocycles. The number of amides is 1. The molecule has 3 heterocycles. The Labute approximate surface area is 178 Å². The first-order valence-corrected chi connectivity index (χ1v) is 11.9. The van der Waals surface area contributed by atoms with E-state index in [1.165, 1.54) is 11.1 Å². The van der Waals surface area contributed by atoms with Crippen LogP contribution in [0.25, 0.3) is 0 Å². The van der Waals surface area contributed by atoms with Gasteiger partial charge in [-0.25, -0.2) is 0 Å². The smallest absolute Gasteiger partial charge is 0.223 e. The van der Waals surface area contributed by atoms with Crippen LogP contribution < -0.4 is 4.74 Å². The average molecular weight is 413 g/mol. The molecular formula is C24H32N2O2S. The van der Waals surface area contributed by atoms with Crippen LogP contribution >= 0.6 is 11.3 Å². The number of hydrogen-bond acceptors (Lipinski definition) is 4. The zero-order valence-corrected chi connectivity index (χ0v) is 18.4. The number of fused-ring (bicyclic) bond motifs is 1. The van der Waals surface area contributed by atoms with Crippen molar-refractivity contribution >= 4 is 17.2 Å². The van der Waals surface area contributed by atoms with Crippen molar-refractivity contribution in [3.63, 3.8) is 0 Å². The van der Waals surface area contributed by atoms with Gasteiger partial charge in [-0.1, -0.05) is 18.2 Å². The highest BCUT2D eigenvalue weighted by Crippen LogP contribution is 2.46. The third kappa shape index (κ3) is 4.51. The van der Waals surface area contributed by atoms with Gasteiger partial charge in [0.15, 0.2) is 0 Å². The Morgan fingerprint density at radius 3 is 2.66 bits per heavy atom. The SMILES string of the molecule is CCN(CC)C(=O)C[C@@H]1CC2(CCN(Cc3ccsc3)CC2)Oc2ccccc21. The average Bonchev–Trinajstić information content (AvgIpc) is 3.24. The van der Waals surface area contributed by atoms with Gasteiger partial charge in [0.25, 0.3) is 0 Å². The molecule has 4 rings (SSSR count). The molecule has 2 aromatic rings. The van der Waals surface area contributed by atoms with Crippen LogP contribution in [0.3, 0.4) is 0 Å². The first-order chi connectivity index (χ1) is 14.1. The van der Waals surface area contributed by atoms with Crippen molar-refractivity contribution in [2.45, 2.75) is 57.6 Å². The van der Waals surface area contributed by atoms with E-state index in [4.69, 9.17) is 4.74 Å². The van der Waals surface area contributed by atoms with Gasteiger partial charge in [-0.15, -0.1) is 0 Å². The highest BCUT2D eigenvalue weighted by Gasteiger charge is 2.43. The summed E-state index contributed by atoms with van der Waals surface area (Å²) >= 11 is 1.77. The minimum Gasteiger partial charge on any atom is -0.487 e. The molecule has 0 radical (unpaired) electrons. The van der Waals surface area contributed by atoms with Gasteiger partial charge in [0.2, 0.25) is 5.91 Å². The van der Waals surface area contributed by atoms with Crippen molar-refractivity contribution in [2.75, 3.05) is 26.2 Å². The molecule has 156 valence electrons. The lowest BCUT2D eigenvalue weighted by molar-refractivity contribution is -0.131. The minimum absolute atomic E-state index is 0.131. The molecule has 0 N–H and O–H groups in total. The van der Waals surface area contributed by atoms with Gasteiger partial charge in [-0.05, 0) is 67.1 Å². The summed E-state index contributed by atoms with van der Waals surface area (Å²) in [5.41, 5.74) is 2.48.